The Bertz CT molecular complexity index is 577. The van der Waals surface area contributed by atoms with Crippen molar-refractivity contribution in [1.82, 2.24) is 0 Å². The molecule has 0 saturated heterocycles. The number of benzene rings is 2. The van der Waals surface area contributed by atoms with Crippen molar-refractivity contribution in [2.24, 2.45) is 0 Å². The first-order valence-electron chi connectivity index (χ1n) is 5.67. The van der Waals surface area contributed by atoms with Gasteiger partial charge >= 0.3 is 0 Å². The average Bonchev–Trinajstić information content (AvgIpc) is 2.41. The minimum Gasteiger partial charge on any atom is -0.266 e. The molecule has 0 N–H and O–H groups in total. The van der Waals surface area contributed by atoms with E-state index in [4.69, 9.17) is 4.18 Å². The maximum Gasteiger partial charge on any atom is 0.296 e. The summed E-state index contributed by atoms with van der Waals surface area (Å²) >= 11 is 0. The molecular weight excluding hydrogens is 248 g/mol. The molecule has 0 saturated carbocycles. The predicted octanol–water partition coefficient (Wildman–Crippen LogP) is 2.63. The highest BCUT2D eigenvalue weighted by atomic mass is 32.2. The molecule has 2 rings (SSSR count). The van der Waals surface area contributed by atoms with E-state index >= 15 is 0 Å². The van der Waals surface area contributed by atoms with Crippen molar-refractivity contribution in [1.29, 1.82) is 0 Å². The van der Waals surface area contributed by atoms with Gasteiger partial charge in [0.25, 0.3) is 10.1 Å². The van der Waals surface area contributed by atoms with E-state index < -0.39 is 10.1 Å². The molecule has 4 heteroatoms. The van der Waals surface area contributed by atoms with Crippen LogP contribution in [-0.2, 0) is 20.7 Å². The van der Waals surface area contributed by atoms with Crippen molar-refractivity contribution >= 4 is 10.1 Å². The van der Waals surface area contributed by atoms with Crippen molar-refractivity contribution in [3.63, 3.8) is 0 Å². The van der Waals surface area contributed by atoms with Crippen LogP contribution in [0.3, 0.4) is 0 Å². The van der Waals surface area contributed by atoms with Gasteiger partial charge in [0, 0.05) is 0 Å². The molecule has 94 valence electrons. The summed E-state index contributed by atoms with van der Waals surface area (Å²) < 4.78 is 28.6. The molecule has 3 nitrogen and oxygen atoms in total. The summed E-state index contributed by atoms with van der Waals surface area (Å²) in [4.78, 5) is 0.193. The minimum atomic E-state index is -3.63. The lowest BCUT2D eigenvalue weighted by Gasteiger charge is -2.05. The molecule has 0 amide bonds. The molecule has 0 aliphatic rings. The van der Waals surface area contributed by atoms with E-state index in [9.17, 15) is 8.42 Å². The molecular formula is C14H14O3S. The van der Waals surface area contributed by atoms with E-state index in [2.05, 4.69) is 0 Å². The maximum atomic E-state index is 11.8. The molecule has 0 aromatic heterocycles. The van der Waals surface area contributed by atoms with Gasteiger partial charge in [-0.2, -0.15) is 8.42 Å². The third kappa shape index (κ3) is 3.42. The third-order valence-corrected chi connectivity index (χ3v) is 3.83. The summed E-state index contributed by atoms with van der Waals surface area (Å²) in [5.74, 6) is 0. The van der Waals surface area contributed by atoms with Crippen LogP contribution in [0.5, 0.6) is 0 Å². The van der Waals surface area contributed by atoms with E-state index in [0.717, 1.165) is 5.56 Å². The molecule has 2 aromatic rings. The summed E-state index contributed by atoms with van der Waals surface area (Å²) in [6.07, 6.45) is 0.576. The smallest absolute Gasteiger partial charge is 0.266 e. The molecule has 0 radical (unpaired) electrons. The Morgan fingerprint density at radius 2 is 1.39 bits per heavy atom. The summed E-state index contributed by atoms with van der Waals surface area (Å²) in [6, 6.07) is 17.8. The molecule has 0 atom stereocenters. The van der Waals surface area contributed by atoms with Gasteiger partial charge in [-0.3, -0.25) is 4.18 Å². The number of hydrogen-bond acceptors (Lipinski definition) is 3. The summed E-state index contributed by atoms with van der Waals surface area (Å²) in [6.45, 7) is 0.154. The van der Waals surface area contributed by atoms with Crippen molar-refractivity contribution < 1.29 is 12.6 Å². The Kier molecular flexibility index (Phi) is 4.12. The van der Waals surface area contributed by atoms with E-state index in [1.807, 2.05) is 30.3 Å². The first-order chi connectivity index (χ1) is 8.68. The van der Waals surface area contributed by atoms with Gasteiger partial charge in [0.05, 0.1) is 11.5 Å². The Morgan fingerprint density at radius 3 is 2.00 bits per heavy atom. The van der Waals surface area contributed by atoms with Crippen LogP contribution in [0.15, 0.2) is 65.6 Å². The molecule has 18 heavy (non-hydrogen) atoms. The SMILES string of the molecule is O=S(=O)(OCCc1ccccc1)c1ccccc1. The van der Waals surface area contributed by atoms with Crippen LogP contribution in [0.25, 0.3) is 0 Å². The van der Waals surface area contributed by atoms with Gasteiger partial charge in [-0.15, -0.1) is 0 Å². The van der Waals surface area contributed by atoms with Gasteiger partial charge in [-0.25, -0.2) is 0 Å². The third-order valence-electron chi connectivity index (χ3n) is 2.50. The fourth-order valence-corrected chi connectivity index (χ4v) is 2.50. The molecule has 0 aliphatic carbocycles. The first-order valence-corrected chi connectivity index (χ1v) is 7.08. The Morgan fingerprint density at radius 1 is 0.833 bits per heavy atom. The van der Waals surface area contributed by atoms with Gasteiger partial charge < -0.3 is 0 Å². The lowest BCUT2D eigenvalue weighted by atomic mass is 10.2. The highest BCUT2D eigenvalue weighted by Gasteiger charge is 2.13. The van der Waals surface area contributed by atoms with E-state index in [1.165, 1.54) is 12.1 Å². The maximum absolute atomic E-state index is 11.8. The molecule has 0 spiro atoms. The monoisotopic (exact) mass is 262 g/mol. The number of rotatable bonds is 5. The van der Waals surface area contributed by atoms with Crippen LogP contribution in [0.2, 0.25) is 0 Å². The van der Waals surface area contributed by atoms with E-state index in [-0.39, 0.29) is 11.5 Å². The molecule has 0 aliphatic heterocycles. The minimum absolute atomic E-state index is 0.154. The van der Waals surface area contributed by atoms with Gasteiger partial charge in [-0.05, 0) is 24.1 Å². The topological polar surface area (TPSA) is 43.4 Å². The second-order valence-electron chi connectivity index (χ2n) is 3.82. The standard InChI is InChI=1S/C14H14O3S/c15-18(16,14-9-5-2-6-10-14)17-12-11-13-7-3-1-4-8-13/h1-10H,11-12H2. The molecule has 0 fully saturated rings. The number of hydrogen-bond donors (Lipinski definition) is 0. The lowest BCUT2D eigenvalue weighted by Crippen LogP contribution is -2.09. The Hall–Kier alpha value is -1.65. The van der Waals surface area contributed by atoms with Crippen LogP contribution >= 0.6 is 0 Å². The lowest BCUT2D eigenvalue weighted by molar-refractivity contribution is 0.322. The van der Waals surface area contributed by atoms with Crippen molar-refractivity contribution in [2.75, 3.05) is 6.61 Å². The van der Waals surface area contributed by atoms with E-state index in [1.54, 1.807) is 18.2 Å². The zero-order chi connectivity index (χ0) is 12.8. The quantitative estimate of drug-likeness (QED) is 0.778. The van der Waals surface area contributed by atoms with Crippen molar-refractivity contribution in [3.8, 4) is 0 Å². The van der Waals surface area contributed by atoms with Gasteiger partial charge in [0.2, 0.25) is 0 Å². The van der Waals surface area contributed by atoms with Crippen molar-refractivity contribution in [3.05, 3.63) is 66.2 Å². The molecule has 0 bridgehead atoms. The van der Waals surface area contributed by atoms with Gasteiger partial charge in [0.15, 0.2) is 0 Å². The largest absolute Gasteiger partial charge is 0.296 e. The summed E-state index contributed by atoms with van der Waals surface area (Å²) in [5.41, 5.74) is 1.06. The van der Waals surface area contributed by atoms with Crippen LogP contribution in [-0.4, -0.2) is 15.0 Å². The van der Waals surface area contributed by atoms with Crippen LogP contribution in [0, 0.1) is 0 Å². The second-order valence-corrected chi connectivity index (χ2v) is 5.44. The van der Waals surface area contributed by atoms with Crippen LogP contribution in [0.1, 0.15) is 5.56 Å². The first kappa shape index (κ1) is 12.8. The van der Waals surface area contributed by atoms with Crippen LogP contribution < -0.4 is 0 Å². The predicted molar refractivity (Wildman–Crippen MR) is 69.7 cm³/mol. The highest BCUT2D eigenvalue weighted by Crippen LogP contribution is 2.11. The zero-order valence-corrected chi connectivity index (χ0v) is 10.6. The Balaban J connectivity index is 1.95. The van der Waals surface area contributed by atoms with E-state index in [0.29, 0.717) is 6.42 Å². The van der Waals surface area contributed by atoms with Crippen LogP contribution in [0.4, 0.5) is 0 Å². The molecule has 0 unspecified atom stereocenters. The Labute approximate surface area is 107 Å². The van der Waals surface area contributed by atoms with Crippen molar-refractivity contribution in [2.45, 2.75) is 11.3 Å². The highest BCUT2D eigenvalue weighted by molar-refractivity contribution is 7.86. The second kappa shape index (κ2) is 5.80. The normalized spacial score (nSPS) is 11.3. The van der Waals surface area contributed by atoms with Gasteiger partial charge in [0.1, 0.15) is 0 Å². The zero-order valence-electron chi connectivity index (χ0n) is 9.82. The fourth-order valence-electron chi connectivity index (χ4n) is 1.57. The molecule has 2 aromatic carbocycles. The fraction of sp³-hybridized carbons (Fsp3) is 0.143. The summed E-state index contributed by atoms with van der Waals surface area (Å²) in [7, 11) is -3.63. The average molecular weight is 262 g/mol. The summed E-state index contributed by atoms with van der Waals surface area (Å²) in [5, 5.41) is 0. The van der Waals surface area contributed by atoms with Gasteiger partial charge in [-0.1, -0.05) is 48.5 Å². The molecule has 0 heterocycles.